The molecule has 9 heteroatoms. The number of carboxylic acid groups (broad SMARTS) is 1. The van der Waals surface area contributed by atoms with Crippen LogP contribution in [0.4, 0.5) is 4.39 Å². The first-order valence-electron chi connectivity index (χ1n) is 13.3. The van der Waals surface area contributed by atoms with Crippen LogP contribution in [0.15, 0.2) is 95.9 Å². The number of allylic oxidation sites excluding steroid dienone is 2. The van der Waals surface area contributed by atoms with Gasteiger partial charge in [-0.2, -0.15) is 0 Å². The molecule has 1 aliphatic carbocycles. The summed E-state index contributed by atoms with van der Waals surface area (Å²) in [4.78, 5) is 10.7. The van der Waals surface area contributed by atoms with Crippen LogP contribution in [0.1, 0.15) is 37.7 Å². The lowest BCUT2D eigenvalue weighted by atomic mass is 9.97. The molecule has 4 atom stereocenters. The molecule has 0 heterocycles. The number of carbonyl (C=O) groups is 1. The van der Waals surface area contributed by atoms with Gasteiger partial charge in [-0.15, -0.1) is 0 Å². The molecule has 212 valence electrons. The maximum absolute atomic E-state index is 13.3. The van der Waals surface area contributed by atoms with Crippen molar-refractivity contribution in [1.29, 1.82) is 0 Å². The molecule has 7 nitrogen and oxygen atoms in total. The van der Waals surface area contributed by atoms with Crippen molar-refractivity contribution >= 4 is 16.0 Å². The van der Waals surface area contributed by atoms with Gasteiger partial charge in [0.1, 0.15) is 5.82 Å². The van der Waals surface area contributed by atoms with Crippen molar-refractivity contribution < 1.29 is 32.6 Å². The van der Waals surface area contributed by atoms with Crippen molar-refractivity contribution in [2.24, 2.45) is 5.92 Å². The van der Waals surface area contributed by atoms with E-state index in [1.165, 1.54) is 12.1 Å². The molecule has 3 aromatic rings. The maximum Gasteiger partial charge on any atom is 0.303 e. The van der Waals surface area contributed by atoms with Crippen molar-refractivity contribution in [3.63, 3.8) is 0 Å². The first-order valence-corrected chi connectivity index (χ1v) is 14.8. The van der Waals surface area contributed by atoms with E-state index in [9.17, 15) is 22.7 Å². The minimum Gasteiger partial charge on any atom is -0.481 e. The number of aliphatic carboxylic acids is 1. The Hall–Kier alpha value is -3.37. The normalized spacial score (nSPS) is 21.1. The standard InChI is InChI=1S/C31H34FNO6S/c32-25-16-18-26(19-17-25)40(37,38)33-31-27(10-6-1-2-7-11-30(35)36)29(20-28(31)34)39-21-22-12-14-24(15-13-22)23-8-4-3-5-9-23/h1,3-6,8-9,12-19,27-29,31,33-34H,2,7,10-11,20-21H2,(H,35,36)/b6-1-/t27-,28+,29+,31+/m0/s1. The number of nitrogens with one attached hydrogen (secondary N) is 1. The molecule has 0 amide bonds. The van der Waals surface area contributed by atoms with Gasteiger partial charge in [0.05, 0.1) is 29.8 Å². The fraction of sp³-hybridized carbons (Fsp3) is 0.323. The number of aliphatic hydroxyl groups excluding tert-OH is 1. The third-order valence-corrected chi connectivity index (χ3v) is 8.58. The fourth-order valence-electron chi connectivity index (χ4n) is 4.96. The van der Waals surface area contributed by atoms with Crippen LogP contribution >= 0.6 is 0 Å². The van der Waals surface area contributed by atoms with E-state index in [1.807, 2.05) is 66.7 Å². The number of hydrogen-bond donors (Lipinski definition) is 3. The molecule has 1 aliphatic rings. The molecule has 4 rings (SSSR count). The highest BCUT2D eigenvalue weighted by Gasteiger charge is 2.44. The van der Waals surface area contributed by atoms with Gasteiger partial charge in [0.25, 0.3) is 0 Å². The highest BCUT2D eigenvalue weighted by Crippen LogP contribution is 2.34. The monoisotopic (exact) mass is 567 g/mol. The number of benzene rings is 3. The SMILES string of the molecule is O=C(O)CCC/C=C\C[C@@H]1[C@@H](NS(=O)(=O)c2ccc(F)cc2)[C@H](O)C[C@H]1OCc1ccc(-c2ccccc2)cc1. The molecule has 0 bridgehead atoms. The summed E-state index contributed by atoms with van der Waals surface area (Å²) in [5.41, 5.74) is 3.15. The molecule has 0 aliphatic heterocycles. The summed E-state index contributed by atoms with van der Waals surface area (Å²) in [5, 5.41) is 19.7. The second-order valence-corrected chi connectivity index (χ2v) is 11.7. The van der Waals surface area contributed by atoms with E-state index in [0.717, 1.165) is 28.8 Å². The Morgan fingerprint density at radius 2 is 1.65 bits per heavy atom. The van der Waals surface area contributed by atoms with Gasteiger partial charge in [-0.1, -0.05) is 66.7 Å². The van der Waals surface area contributed by atoms with Crippen LogP contribution in [0, 0.1) is 11.7 Å². The molecule has 0 spiro atoms. The lowest BCUT2D eigenvalue weighted by Crippen LogP contribution is -2.44. The lowest BCUT2D eigenvalue weighted by molar-refractivity contribution is -0.137. The number of unbranched alkanes of at least 4 members (excludes halogenated alkanes) is 1. The number of hydrogen-bond acceptors (Lipinski definition) is 5. The molecule has 0 radical (unpaired) electrons. The van der Waals surface area contributed by atoms with E-state index in [0.29, 0.717) is 25.9 Å². The zero-order valence-electron chi connectivity index (χ0n) is 22.0. The van der Waals surface area contributed by atoms with Gasteiger partial charge in [0, 0.05) is 18.8 Å². The second-order valence-electron chi connectivity index (χ2n) is 9.97. The minimum absolute atomic E-state index is 0.0708. The van der Waals surface area contributed by atoms with Crippen molar-refractivity contribution in [3.8, 4) is 11.1 Å². The number of aliphatic hydroxyl groups is 1. The smallest absolute Gasteiger partial charge is 0.303 e. The predicted octanol–water partition coefficient (Wildman–Crippen LogP) is 5.31. The van der Waals surface area contributed by atoms with E-state index >= 15 is 0 Å². The molecule has 0 unspecified atom stereocenters. The molecule has 3 aromatic carbocycles. The van der Waals surface area contributed by atoms with E-state index in [1.54, 1.807) is 0 Å². The minimum atomic E-state index is -4.02. The highest BCUT2D eigenvalue weighted by atomic mass is 32.2. The lowest BCUT2D eigenvalue weighted by Gasteiger charge is -2.25. The van der Waals surface area contributed by atoms with Gasteiger partial charge in [-0.3, -0.25) is 4.79 Å². The van der Waals surface area contributed by atoms with Crippen molar-refractivity contribution in [3.05, 3.63) is 102 Å². The third kappa shape index (κ3) is 8.08. The number of carboxylic acids is 1. The summed E-state index contributed by atoms with van der Waals surface area (Å²) >= 11 is 0. The Kier molecular flexibility index (Phi) is 10.2. The van der Waals surface area contributed by atoms with Crippen LogP contribution in [0.2, 0.25) is 0 Å². The summed E-state index contributed by atoms with van der Waals surface area (Å²) in [5.74, 6) is -1.77. The summed E-state index contributed by atoms with van der Waals surface area (Å²) in [6.45, 7) is 0.294. The zero-order chi connectivity index (χ0) is 28.5. The van der Waals surface area contributed by atoms with Gasteiger partial charge in [-0.05, 0) is 60.2 Å². The number of sulfonamides is 1. The Morgan fingerprint density at radius 3 is 2.33 bits per heavy atom. The van der Waals surface area contributed by atoms with Gasteiger partial charge in [0.2, 0.25) is 10.0 Å². The van der Waals surface area contributed by atoms with Crippen LogP contribution < -0.4 is 4.72 Å². The fourth-order valence-corrected chi connectivity index (χ4v) is 6.28. The molecule has 1 fully saturated rings. The predicted molar refractivity (Wildman–Crippen MR) is 150 cm³/mol. The molecular weight excluding hydrogens is 533 g/mol. The summed E-state index contributed by atoms with van der Waals surface area (Å²) in [6.07, 6.45) is 4.17. The topological polar surface area (TPSA) is 113 Å². The van der Waals surface area contributed by atoms with E-state index in [2.05, 4.69) is 4.72 Å². The van der Waals surface area contributed by atoms with Gasteiger partial charge >= 0.3 is 5.97 Å². The zero-order valence-corrected chi connectivity index (χ0v) is 22.8. The van der Waals surface area contributed by atoms with Gasteiger partial charge in [0.15, 0.2) is 0 Å². The van der Waals surface area contributed by atoms with Crippen molar-refractivity contribution in [2.75, 3.05) is 0 Å². The molecule has 0 saturated heterocycles. The Morgan fingerprint density at radius 1 is 0.975 bits per heavy atom. The van der Waals surface area contributed by atoms with Crippen LogP contribution in [0.3, 0.4) is 0 Å². The van der Waals surface area contributed by atoms with Crippen molar-refractivity contribution in [2.45, 2.75) is 61.9 Å². The van der Waals surface area contributed by atoms with Crippen molar-refractivity contribution in [1.82, 2.24) is 4.72 Å². The summed E-state index contributed by atoms with van der Waals surface area (Å²) < 4.78 is 48.3. The third-order valence-electron chi connectivity index (χ3n) is 7.10. The summed E-state index contributed by atoms with van der Waals surface area (Å²) in [7, 11) is -4.02. The second kappa shape index (κ2) is 13.8. The van der Waals surface area contributed by atoms with Crippen LogP contribution in [0.5, 0.6) is 0 Å². The average molecular weight is 568 g/mol. The molecule has 1 saturated carbocycles. The first kappa shape index (κ1) is 29.6. The van der Waals surface area contributed by atoms with Crippen LogP contribution in [-0.2, 0) is 26.2 Å². The van der Waals surface area contributed by atoms with Gasteiger partial charge < -0.3 is 14.9 Å². The molecule has 3 N–H and O–H groups in total. The van der Waals surface area contributed by atoms with Gasteiger partial charge in [-0.25, -0.2) is 17.5 Å². The van der Waals surface area contributed by atoms with Crippen LogP contribution in [-0.4, -0.2) is 42.8 Å². The van der Waals surface area contributed by atoms with E-state index in [4.69, 9.17) is 9.84 Å². The van der Waals surface area contributed by atoms with Crippen LogP contribution in [0.25, 0.3) is 11.1 Å². The number of rotatable bonds is 13. The Labute approximate surface area is 234 Å². The summed E-state index contributed by atoms with van der Waals surface area (Å²) in [6, 6.07) is 21.7. The average Bonchev–Trinajstić information content (AvgIpc) is 3.23. The first-order chi connectivity index (χ1) is 19.2. The molecule has 0 aromatic heterocycles. The quantitative estimate of drug-likeness (QED) is 0.191. The highest BCUT2D eigenvalue weighted by molar-refractivity contribution is 7.89. The maximum atomic E-state index is 13.3. The Bertz CT molecular complexity index is 1380. The number of halogens is 1. The van der Waals surface area contributed by atoms with E-state index < -0.39 is 40.1 Å². The van der Waals surface area contributed by atoms with E-state index in [-0.39, 0.29) is 23.7 Å². The molecular formula is C31H34FNO6S. The number of ether oxygens (including phenoxy) is 1. The largest absolute Gasteiger partial charge is 0.481 e. The molecule has 40 heavy (non-hydrogen) atoms. The Balaban J connectivity index is 1.45.